The van der Waals surface area contributed by atoms with Crippen molar-refractivity contribution in [3.05, 3.63) is 29.6 Å². The van der Waals surface area contributed by atoms with Crippen LogP contribution < -0.4 is 10.2 Å². The van der Waals surface area contributed by atoms with Gasteiger partial charge in [-0.25, -0.2) is 9.18 Å². The van der Waals surface area contributed by atoms with Gasteiger partial charge in [0.1, 0.15) is 23.5 Å². The average molecular weight is 512 g/mol. The van der Waals surface area contributed by atoms with Crippen LogP contribution in [0.2, 0.25) is 0 Å². The number of piperidine rings is 1. The van der Waals surface area contributed by atoms with Gasteiger partial charge in [-0.1, -0.05) is 6.07 Å². The standard InChI is InChI=1S/C28H38FN5O3/c1-28(2,3)37-27(36)34-21-8-6-18(12-21)25(34)26(35)31-19(14-30)11-17-5-7-20(13-24(17)29)33-15-22-9-10-23(16-33)32(22)4/h5,7,13,18-19,21-23,25H,6,8-12,15-16H2,1-4H3,(H,31,35)/t18-,19-,21+,22?,23?,25-/m0/s1. The van der Waals surface area contributed by atoms with Gasteiger partial charge in [-0.2, -0.15) is 5.26 Å². The van der Waals surface area contributed by atoms with Gasteiger partial charge >= 0.3 is 6.09 Å². The van der Waals surface area contributed by atoms with Crippen LogP contribution in [-0.2, 0) is 16.0 Å². The fraction of sp³-hybridized carbons (Fsp3) is 0.679. The summed E-state index contributed by atoms with van der Waals surface area (Å²) in [4.78, 5) is 32.4. The molecule has 37 heavy (non-hydrogen) atoms. The highest BCUT2D eigenvalue weighted by atomic mass is 19.1. The topological polar surface area (TPSA) is 88.9 Å². The third kappa shape index (κ3) is 5.13. The number of hydrogen-bond acceptors (Lipinski definition) is 6. The number of piperazine rings is 1. The van der Waals surface area contributed by atoms with Crippen molar-refractivity contribution in [2.24, 2.45) is 5.92 Å². The summed E-state index contributed by atoms with van der Waals surface area (Å²) < 4.78 is 20.7. The first-order valence-electron chi connectivity index (χ1n) is 13.5. The lowest BCUT2D eigenvalue weighted by Gasteiger charge is -2.40. The number of benzene rings is 1. The van der Waals surface area contributed by atoms with Gasteiger partial charge in [-0.3, -0.25) is 14.6 Å². The molecule has 4 fully saturated rings. The molecule has 9 heteroatoms. The van der Waals surface area contributed by atoms with E-state index in [2.05, 4.69) is 28.2 Å². The maximum absolute atomic E-state index is 15.1. The third-order valence-corrected chi connectivity index (χ3v) is 8.60. The van der Waals surface area contributed by atoms with Crippen LogP contribution in [0.1, 0.15) is 58.4 Å². The second-order valence-electron chi connectivity index (χ2n) is 12.2. The van der Waals surface area contributed by atoms with Gasteiger partial charge in [-0.15, -0.1) is 0 Å². The number of amides is 2. The maximum Gasteiger partial charge on any atom is 0.411 e. The molecule has 1 aliphatic carbocycles. The molecule has 0 spiro atoms. The van der Waals surface area contributed by atoms with Crippen molar-refractivity contribution in [3.63, 3.8) is 0 Å². The molecule has 3 heterocycles. The molecule has 8 nitrogen and oxygen atoms in total. The second kappa shape index (κ2) is 9.79. The summed E-state index contributed by atoms with van der Waals surface area (Å²) in [7, 11) is 2.17. The first-order valence-corrected chi connectivity index (χ1v) is 13.5. The summed E-state index contributed by atoms with van der Waals surface area (Å²) in [6.45, 7) is 7.18. The highest BCUT2D eigenvalue weighted by Crippen LogP contribution is 2.43. The monoisotopic (exact) mass is 511 g/mol. The number of nitrogens with one attached hydrogen (secondary N) is 1. The molecule has 4 bridgehead atoms. The van der Waals surface area contributed by atoms with E-state index >= 15 is 4.39 Å². The second-order valence-corrected chi connectivity index (χ2v) is 12.2. The molecule has 3 aliphatic heterocycles. The number of carbonyl (C=O) groups excluding carboxylic acids is 2. The zero-order valence-corrected chi connectivity index (χ0v) is 22.2. The minimum atomic E-state index is -0.896. The largest absolute Gasteiger partial charge is 0.444 e. The summed E-state index contributed by atoms with van der Waals surface area (Å²) in [6, 6.07) is 6.74. The van der Waals surface area contributed by atoms with E-state index in [1.807, 2.05) is 6.07 Å². The Morgan fingerprint density at radius 1 is 1.16 bits per heavy atom. The van der Waals surface area contributed by atoms with Crippen molar-refractivity contribution in [2.45, 2.75) is 95.1 Å². The van der Waals surface area contributed by atoms with Gasteiger partial charge in [0.25, 0.3) is 0 Å². The SMILES string of the molecule is CN1C2CCC1CN(c1ccc(C[C@@H](C#N)NC(=O)[C@@H]3[C@H]4CC[C@H](C4)N3C(=O)OC(C)(C)C)c(F)c1)C2. The van der Waals surface area contributed by atoms with E-state index in [0.29, 0.717) is 17.6 Å². The number of halogens is 1. The molecule has 3 saturated heterocycles. The van der Waals surface area contributed by atoms with Crippen molar-refractivity contribution in [2.75, 3.05) is 25.0 Å². The van der Waals surface area contributed by atoms with E-state index in [9.17, 15) is 14.9 Å². The number of carbonyl (C=O) groups is 2. The quantitative estimate of drug-likeness (QED) is 0.652. The van der Waals surface area contributed by atoms with Crippen molar-refractivity contribution < 1.29 is 18.7 Å². The van der Waals surface area contributed by atoms with Crippen LogP contribution in [0.25, 0.3) is 0 Å². The van der Waals surface area contributed by atoms with Crippen molar-refractivity contribution in [1.82, 2.24) is 15.1 Å². The fourth-order valence-electron chi connectivity index (χ4n) is 6.73. The molecule has 2 unspecified atom stereocenters. The zero-order chi connectivity index (χ0) is 26.5. The Morgan fingerprint density at radius 3 is 2.46 bits per heavy atom. The molecule has 1 aromatic carbocycles. The van der Waals surface area contributed by atoms with Crippen LogP contribution in [-0.4, -0.2) is 77.7 Å². The maximum atomic E-state index is 15.1. The molecule has 4 aliphatic rings. The van der Waals surface area contributed by atoms with Crippen LogP contribution >= 0.6 is 0 Å². The van der Waals surface area contributed by atoms with E-state index < -0.39 is 23.8 Å². The first-order chi connectivity index (χ1) is 17.5. The number of nitrogens with zero attached hydrogens (tertiary/aromatic N) is 4. The highest BCUT2D eigenvalue weighted by Gasteiger charge is 2.52. The predicted octanol–water partition coefficient (Wildman–Crippen LogP) is 3.45. The van der Waals surface area contributed by atoms with Crippen LogP contribution in [0, 0.1) is 23.1 Å². The van der Waals surface area contributed by atoms with Gasteiger partial charge in [0, 0.05) is 43.3 Å². The Bertz CT molecular complexity index is 1080. The van der Waals surface area contributed by atoms with Crippen molar-refractivity contribution in [3.8, 4) is 6.07 Å². The Balaban J connectivity index is 1.24. The molecule has 0 aromatic heterocycles. The highest BCUT2D eigenvalue weighted by molar-refractivity contribution is 5.87. The van der Waals surface area contributed by atoms with Crippen molar-refractivity contribution in [1.29, 1.82) is 5.26 Å². The molecule has 0 radical (unpaired) electrons. The van der Waals surface area contributed by atoms with E-state index in [1.165, 1.54) is 12.8 Å². The Morgan fingerprint density at radius 2 is 1.84 bits per heavy atom. The molecule has 200 valence electrons. The number of fused-ring (bicyclic) bond motifs is 4. The molecule has 6 atom stereocenters. The van der Waals surface area contributed by atoms with Gasteiger partial charge in [0.15, 0.2) is 0 Å². The summed E-state index contributed by atoms with van der Waals surface area (Å²) in [5, 5.41) is 12.6. The smallest absolute Gasteiger partial charge is 0.411 e. The normalized spacial score (nSPS) is 29.8. The van der Waals surface area contributed by atoms with Crippen LogP contribution in [0.4, 0.5) is 14.9 Å². The van der Waals surface area contributed by atoms with Crippen LogP contribution in [0.3, 0.4) is 0 Å². The first kappa shape index (κ1) is 25.8. The summed E-state index contributed by atoms with van der Waals surface area (Å²) in [5.74, 6) is -0.685. The zero-order valence-electron chi connectivity index (χ0n) is 22.2. The molecular formula is C28H38FN5O3. The van der Waals surface area contributed by atoms with Gasteiger partial charge in [0.05, 0.1) is 6.07 Å². The molecular weight excluding hydrogens is 473 g/mol. The molecule has 1 aromatic rings. The average Bonchev–Trinajstić information content (AvgIpc) is 3.49. The minimum absolute atomic E-state index is 0.0223. The summed E-state index contributed by atoms with van der Waals surface area (Å²) >= 11 is 0. The van der Waals surface area contributed by atoms with Gasteiger partial charge in [-0.05, 0) is 83.5 Å². The molecule has 1 N–H and O–H groups in total. The number of ether oxygens (including phenoxy) is 1. The van der Waals surface area contributed by atoms with E-state index in [1.54, 1.807) is 37.8 Å². The number of nitriles is 1. The molecule has 5 rings (SSSR count). The lowest BCUT2D eigenvalue weighted by molar-refractivity contribution is -0.128. The van der Waals surface area contributed by atoms with Crippen LogP contribution in [0.5, 0.6) is 0 Å². The Labute approximate surface area is 218 Å². The van der Waals surface area contributed by atoms with Gasteiger partial charge < -0.3 is 15.0 Å². The lowest BCUT2D eigenvalue weighted by atomic mass is 9.97. The fourth-order valence-corrected chi connectivity index (χ4v) is 6.73. The number of likely N-dealkylation sites (tertiary alicyclic amines) is 1. The number of anilines is 1. The molecule has 2 amide bonds. The third-order valence-electron chi connectivity index (χ3n) is 8.60. The summed E-state index contributed by atoms with van der Waals surface area (Å²) in [6.07, 6.45) is 4.40. The van der Waals surface area contributed by atoms with Crippen LogP contribution in [0.15, 0.2) is 18.2 Å². The number of hydrogen-bond donors (Lipinski definition) is 1. The predicted molar refractivity (Wildman–Crippen MR) is 137 cm³/mol. The minimum Gasteiger partial charge on any atom is -0.444 e. The van der Waals surface area contributed by atoms with E-state index in [4.69, 9.17) is 4.74 Å². The van der Waals surface area contributed by atoms with Crippen molar-refractivity contribution >= 4 is 17.7 Å². The number of likely N-dealkylation sites (N-methyl/N-ethyl adjacent to an activating group) is 1. The Hall–Kier alpha value is -2.86. The number of rotatable bonds is 5. The van der Waals surface area contributed by atoms with E-state index in [0.717, 1.165) is 38.0 Å². The van der Waals surface area contributed by atoms with Gasteiger partial charge in [0.2, 0.25) is 5.91 Å². The molecule has 1 saturated carbocycles. The lowest BCUT2D eigenvalue weighted by Crippen LogP contribution is -2.55. The Kier molecular flexibility index (Phi) is 6.82. The summed E-state index contributed by atoms with van der Waals surface area (Å²) in [5.41, 5.74) is 0.589. The van der Waals surface area contributed by atoms with E-state index in [-0.39, 0.29) is 30.1 Å².